The van der Waals surface area contributed by atoms with Crippen LogP contribution in [0.5, 0.6) is 0 Å². The van der Waals surface area contributed by atoms with Gasteiger partial charge in [-0.05, 0) is 78.4 Å². The van der Waals surface area contributed by atoms with Crippen LogP contribution in [-0.4, -0.2) is 25.3 Å². The number of nitrogens with one attached hydrogen (secondary N) is 1. The lowest BCUT2D eigenvalue weighted by atomic mass is 9.47. The van der Waals surface area contributed by atoms with Crippen molar-refractivity contribution in [1.29, 1.82) is 0 Å². The minimum atomic E-state index is -2.74. The highest BCUT2D eigenvalue weighted by molar-refractivity contribution is 6.99. The predicted molar refractivity (Wildman–Crippen MR) is 160 cm³/mol. The van der Waals surface area contributed by atoms with Gasteiger partial charge in [-0.15, -0.1) is 0 Å². The molecule has 6 heteroatoms. The topological polar surface area (TPSA) is 77.2 Å². The van der Waals surface area contributed by atoms with Crippen molar-refractivity contribution < 1.29 is 9.22 Å². The maximum atomic E-state index is 13.3. The van der Waals surface area contributed by atoms with Crippen LogP contribution in [0.15, 0.2) is 72.8 Å². The van der Waals surface area contributed by atoms with E-state index in [1.165, 1.54) is 10.4 Å². The number of aromatic nitrogens is 1. The van der Waals surface area contributed by atoms with Gasteiger partial charge in [-0.25, -0.2) is 0 Å². The SMILES string of the molecule is CC(O[Si](c1ccccc1)(c1ccccc1)C(C)(C)C)c1ccc2c(n1)C1(CC3(CCC(N)CC3)C1)C(=O)N2. The first kappa shape index (κ1) is 26.4. The summed E-state index contributed by atoms with van der Waals surface area (Å²) in [4.78, 5) is 18.6. The molecule has 2 heterocycles. The van der Waals surface area contributed by atoms with Gasteiger partial charge in [0, 0.05) is 6.04 Å². The van der Waals surface area contributed by atoms with E-state index in [9.17, 15) is 4.79 Å². The molecule has 204 valence electrons. The average molecular weight is 540 g/mol. The molecule has 1 atom stereocenters. The van der Waals surface area contributed by atoms with Crippen LogP contribution in [0.1, 0.15) is 83.7 Å². The highest BCUT2D eigenvalue weighted by atomic mass is 28.4. The van der Waals surface area contributed by atoms with Gasteiger partial charge < -0.3 is 15.5 Å². The second-order valence-corrected chi connectivity index (χ2v) is 17.5. The number of rotatable bonds is 5. The van der Waals surface area contributed by atoms with Crippen molar-refractivity contribution in [3.8, 4) is 0 Å². The Morgan fingerprint density at radius 1 is 0.949 bits per heavy atom. The Morgan fingerprint density at radius 2 is 1.51 bits per heavy atom. The van der Waals surface area contributed by atoms with Crippen LogP contribution < -0.4 is 21.4 Å². The molecule has 2 aliphatic carbocycles. The van der Waals surface area contributed by atoms with Gasteiger partial charge in [0.25, 0.3) is 8.32 Å². The molecular weight excluding hydrogens is 498 g/mol. The second-order valence-electron chi connectivity index (χ2n) is 13.3. The van der Waals surface area contributed by atoms with Crippen molar-refractivity contribution in [1.82, 2.24) is 4.98 Å². The van der Waals surface area contributed by atoms with Gasteiger partial charge in [0.15, 0.2) is 0 Å². The number of hydrogen-bond acceptors (Lipinski definition) is 4. The highest BCUT2D eigenvalue weighted by Gasteiger charge is 2.63. The summed E-state index contributed by atoms with van der Waals surface area (Å²) in [6.45, 7) is 9.01. The minimum absolute atomic E-state index is 0.114. The Morgan fingerprint density at radius 3 is 2.05 bits per heavy atom. The molecule has 3 N–H and O–H groups in total. The smallest absolute Gasteiger partial charge is 0.261 e. The van der Waals surface area contributed by atoms with Gasteiger partial charge >= 0.3 is 0 Å². The Balaban J connectivity index is 1.36. The zero-order chi connectivity index (χ0) is 27.5. The number of hydrogen-bond donors (Lipinski definition) is 2. The molecule has 0 saturated heterocycles. The summed E-state index contributed by atoms with van der Waals surface area (Å²) in [6.07, 6.45) is 5.87. The van der Waals surface area contributed by atoms with Crippen molar-refractivity contribution in [3.05, 3.63) is 84.2 Å². The van der Waals surface area contributed by atoms with E-state index in [0.29, 0.717) is 6.04 Å². The molecule has 2 fully saturated rings. The molecule has 5 nitrogen and oxygen atoms in total. The summed E-state index contributed by atoms with van der Waals surface area (Å²) in [5.41, 5.74) is 8.61. The summed E-state index contributed by atoms with van der Waals surface area (Å²) in [6, 6.07) is 25.8. The van der Waals surface area contributed by atoms with E-state index < -0.39 is 13.7 Å². The normalized spacial score (nSPS) is 27.2. The fourth-order valence-corrected chi connectivity index (χ4v) is 12.4. The second kappa shape index (κ2) is 9.39. The number of fused-ring (bicyclic) bond motifs is 2. The van der Waals surface area contributed by atoms with E-state index >= 15 is 0 Å². The Bertz CT molecular complexity index is 1310. The molecule has 3 aliphatic rings. The van der Waals surface area contributed by atoms with Gasteiger partial charge in [0.2, 0.25) is 5.91 Å². The number of carbonyl (C=O) groups excluding carboxylic acids is 1. The number of anilines is 1. The first-order valence-corrected chi connectivity index (χ1v) is 16.4. The van der Waals surface area contributed by atoms with Gasteiger partial charge in [-0.1, -0.05) is 81.4 Å². The summed E-state index contributed by atoms with van der Waals surface area (Å²) in [5, 5.41) is 5.53. The number of benzene rings is 2. The summed E-state index contributed by atoms with van der Waals surface area (Å²) >= 11 is 0. The summed E-state index contributed by atoms with van der Waals surface area (Å²) < 4.78 is 7.35. The molecule has 2 spiro atoms. The number of nitrogens with two attached hydrogens (primary N) is 1. The Labute approximate surface area is 233 Å². The minimum Gasteiger partial charge on any atom is -0.399 e. The van der Waals surface area contributed by atoms with Crippen molar-refractivity contribution in [3.63, 3.8) is 0 Å². The number of carbonyl (C=O) groups is 1. The lowest BCUT2D eigenvalue weighted by molar-refractivity contribution is -0.132. The summed E-state index contributed by atoms with van der Waals surface area (Å²) in [5.74, 6) is 0.114. The Hall–Kier alpha value is -2.80. The first-order valence-electron chi connectivity index (χ1n) is 14.5. The van der Waals surface area contributed by atoms with E-state index in [1.807, 2.05) is 12.1 Å². The monoisotopic (exact) mass is 539 g/mol. The number of amides is 1. The van der Waals surface area contributed by atoms with Gasteiger partial charge in [0.05, 0.1) is 28.6 Å². The van der Waals surface area contributed by atoms with E-state index in [-0.39, 0.29) is 22.5 Å². The van der Waals surface area contributed by atoms with E-state index in [0.717, 1.165) is 55.6 Å². The van der Waals surface area contributed by atoms with Gasteiger partial charge in [0.1, 0.15) is 0 Å². The maximum Gasteiger partial charge on any atom is 0.261 e. The van der Waals surface area contributed by atoms with E-state index in [1.54, 1.807) is 0 Å². The molecule has 2 aromatic carbocycles. The van der Waals surface area contributed by atoms with Crippen LogP contribution in [0, 0.1) is 5.41 Å². The maximum absolute atomic E-state index is 13.3. The largest absolute Gasteiger partial charge is 0.399 e. The molecule has 0 bridgehead atoms. The molecule has 1 aliphatic heterocycles. The lowest BCUT2D eigenvalue weighted by Crippen LogP contribution is -2.66. The van der Waals surface area contributed by atoms with Crippen LogP contribution in [-0.2, 0) is 14.6 Å². The molecule has 1 amide bonds. The van der Waals surface area contributed by atoms with Gasteiger partial charge in [-0.3, -0.25) is 9.78 Å². The van der Waals surface area contributed by atoms with Crippen LogP contribution in [0.4, 0.5) is 5.69 Å². The zero-order valence-electron chi connectivity index (χ0n) is 23.7. The van der Waals surface area contributed by atoms with Crippen LogP contribution in [0.2, 0.25) is 5.04 Å². The number of pyridine rings is 1. The summed E-state index contributed by atoms with van der Waals surface area (Å²) in [7, 11) is -2.74. The fourth-order valence-electron chi connectivity index (χ4n) is 7.70. The average Bonchev–Trinajstić information content (AvgIpc) is 3.19. The zero-order valence-corrected chi connectivity index (χ0v) is 24.7. The van der Waals surface area contributed by atoms with Crippen LogP contribution in [0.25, 0.3) is 0 Å². The number of nitrogens with zero attached hydrogens (tertiary/aromatic N) is 1. The molecule has 3 aromatic rings. The van der Waals surface area contributed by atoms with Crippen molar-refractivity contribution in [2.45, 2.75) is 88.8 Å². The lowest BCUT2D eigenvalue weighted by Gasteiger charge is -2.55. The van der Waals surface area contributed by atoms with Crippen LogP contribution >= 0.6 is 0 Å². The molecular formula is C33H41N3O2Si. The third kappa shape index (κ3) is 4.19. The fraction of sp³-hybridized carbons (Fsp3) is 0.455. The third-order valence-corrected chi connectivity index (χ3v) is 14.8. The molecule has 1 aromatic heterocycles. The van der Waals surface area contributed by atoms with Crippen molar-refractivity contribution in [2.75, 3.05) is 5.32 Å². The molecule has 2 saturated carbocycles. The molecule has 39 heavy (non-hydrogen) atoms. The van der Waals surface area contributed by atoms with E-state index in [4.69, 9.17) is 15.1 Å². The quantitative estimate of drug-likeness (QED) is 0.415. The van der Waals surface area contributed by atoms with Gasteiger partial charge in [-0.2, -0.15) is 0 Å². The molecule has 6 rings (SSSR count). The molecule has 1 unspecified atom stereocenters. The van der Waals surface area contributed by atoms with E-state index in [2.05, 4.69) is 93.7 Å². The standard InChI is InChI=1S/C33H41N3O2Si/c1-23(38-39(31(2,3)4,25-11-7-5-8-12-25)26-13-9-6-10-14-26)27-15-16-28-29(35-27)33(30(37)36-28)21-32(22-33)19-17-24(34)18-20-32/h5-16,23-24H,17-22,34H2,1-4H3,(H,36,37). The first-order chi connectivity index (χ1) is 18.6. The van der Waals surface area contributed by atoms with Crippen LogP contribution in [0.3, 0.4) is 0 Å². The highest BCUT2D eigenvalue weighted by Crippen LogP contribution is 2.64. The molecule has 0 radical (unpaired) electrons. The predicted octanol–water partition coefficient (Wildman–Crippen LogP) is 5.59. The Kier molecular flexibility index (Phi) is 6.36. The van der Waals surface area contributed by atoms with Crippen molar-refractivity contribution in [2.24, 2.45) is 11.1 Å². The van der Waals surface area contributed by atoms with Crippen molar-refractivity contribution >= 4 is 30.3 Å². The third-order valence-electron chi connectivity index (χ3n) is 9.68.